The van der Waals surface area contributed by atoms with E-state index in [-0.39, 0.29) is 35.1 Å². The van der Waals surface area contributed by atoms with Gasteiger partial charge in [0.2, 0.25) is 0 Å². The number of nitro groups is 1. The number of nitrogens with two attached hydrogens (primary N) is 1. The molecule has 0 radical (unpaired) electrons. The lowest BCUT2D eigenvalue weighted by atomic mass is 10.1. The summed E-state index contributed by atoms with van der Waals surface area (Å²) in [5, 5.41) is 12.9. The number of anilines is 1. The number of imide groups is 2. The van der Waals surface area contributed by atoms with Gasteiger partial charge in [0.25, 0.3) is 23.4 Å². The van der Waals surface area contributed by atoms with Crippen molar-refractivity contribution in [2.75, 3.05) is 18.6 Å². The van der Waals surface area contributed by atoms with Gasteiger partial charge in [0.1, 0.15) is 5.57 Å². The molecule has 0 atom stereocenters. The van der Waals surface area contributed by atoms with Crippen LogP contribution in [0.3, 0.4) is 0 Å². The number of non-ortho nitro benzene ring substituents is 1. The largest absolute Gasteiger partial charge is 0.493 e. The fraction of sp³-hybridized carbons (Fsp3) is 0.100. The van der Waals surface area contributed by atoms with Crippen molar-refractivity contribution in [3.63, 3.8) is 0 Å². The number of nitrogens with zero attached hydrogens (tertiary/aromatic N) is 2. The van der Waals surface area contributed by atoms with E-state index in [0.717, 1.165) is 12.1 Å². The van der Waals surface area contributed by atoms with Gasteiger partial charge in [-0.2, -0.15) is 0 Å². The van der Waals surface area contributed by atoms with Crippen molar-refractivity contribution in [1.29, 1.82) is 0 Å². The van der Waals surface area contributed by atoms with Crippen molar-refractivity contribution >= 4 is 41.2 Å². The SMILES string of the molecule is COc1cc(/C=C2\C(=O)NC(=O)N(c3ccc([N+](=O)[O-])cc3)C2=O)ccc1OCC(N)=O. The summed E-state index contributed by atoms with van der Waals surface area (Å²) in [5.74, 6) is -2.08. The summed E-state index contributed by atoms with van der Waals surface area (Å²) < 4.78 is 10.4. The van der Waals surface area contributed by atoms with Crippen molar-refractivity contribution in [1.82, 2.24) is 5.32 Å². The molecule has 3 rings (SSSR count). The maximum Gasteiger partial charge on any atom is 0.335 e. The topological polar surface area (TPSA) is 171 Å². The van der Waals surface area contributed by atoms with Crippen LogP contribution in [0.25, 0.3) is 6.08 Å². The molecule has 1 aliphatic rings. The van der Waals surface area contributed by atoms with Crippen molar-refractivity contribution in [3.05, 3.63) is 63.7 Å². The molecule has 2 aromatic rings. The Bertz CT molecular complexity index is 1160. The van der Waals surface area contributed by atoms with Crippen LogP contribution in [0.2, 0.25) is 0 Å². The molecule has 0 aromatic heterocycles. The number of ether oxygens (including phenoxy) is 2. The molecule has 1 heterocycles. The van der Waals surface area contributed by atoms with Crippen LogP contribution in [-0.2, 0) is 14.4 Å². The molecule has 1 saturated heterocycles. The molecule has 0 saturated carbocycles. The Hall–Kier alpha value is -4.74. The summed E-state index contributed by atoms with van der Waals surface area (Å²) in [6.45, 7) is -0.371. The Morgan fingerprint density at radius 2 is 1.84 bits per heavy atom. The van der Waals surface area contributed by atoms with Crippen LogP contribution in [0.1, 0.15) is 5.56 Å². The zero-order valence-corrected chi connectivity index (χ0v) is 16.6. The molecule has 0 aliphatic carbocycles. The van der Waals surface area contributed by atoms with E-state index in [0.29, 0.717) is 10.5 Å². The van der Waals surface area contributed by atoms with Gasteiger partial charge in [-0.25, -0.2) is 9.69 Å². The number of hydrogen-bond acceptors (Lipinski definition) is 8. The normalized spacial score (nSPS) is 14.8. The van der Waals surface area contributed by atoms with Gasteiger partial charge in [0.15, 0.2) is 18.1 Å². The molecule has 32 heavy (non-hydrogen) atoms. The van der Waals surface area contributed by atoms with Crippen LogP contribution in [0.5, 0.6) is 11.5 Å². The Kier molecular flexibility index (Phi) is 6.14. The van der Waals surface area contributed by atoms with Gasteiger partial charge in [-0.05, 0) is 35.9 Å². The van der Waals surface area contributed by atoms with Crippen LogP contribution in [0.4, 0.5) is 16.2 Å². The van der Waals surface area contributed by atoms with Crippen molar-refractivity contribution in [3.8, 4) is 11.5 Å². The third-order valence-electron chi connectivity index (χ3n) is 4.29. The van der Waals surface area contributed by atoms with Gasteiger partial charge in [-0.3, -0.25) is 29.8 Å². The maximum absolute atomic E-state index is 12.9. The summed E-state index contributed by atoms with van der Waals surface area (Å²) in [6, 6.07) is 8.12. The smallest absolute Gasteiger partial charge is 0.335 e. The van der Waals surface area contributed by atoms with E-state index >= 15 is 0 Å². The molecule has 164 valence electrons. The van der Waals surface area contributed by atoms with Crippen LogP contribution < -0.4 is 25.4 Å². The summed E-state index contributed by atoms with van der Waals surface area (Å²) in [5.41, 5.74) is 4.88. The molecule has 3 N–H and O–H groups in total. The molecule has 0 unspecified atom stereocenters. The second-order valence-electron chi connectivity index (χ2n) is 6.40. The summed E-state index contributed by atoms with van der Waals surface area (Å²) in [7, 11) is 1.36. The maximum atomic E-state index is 12.9. The molecule has 1 fully saturated rings. The number of nitro benzene ring substituents is 1. The highest BCUT2D eigenvalue weighted by Gasteiger charge is 2.37. The average Bonchev–Trinajstić information content (AvgIpc) is 2.75. The second kappa shape index (κ2) is 8.95. The predicted molar refractivity (Wildman–Crippen MR) is 110 cm³/mol. The molecule has 0 spiro atoms. The first-order chi connectivity index (χ1) is 15.2. The Morgan fingerprint density at radius 1 is 1.16 bits per heavy atom. The van der Waals surface area contributed by atoms with E-state index in [4.69, 9.17) is 15.2 Å². The van der Waals surface area contributed by atoms with Crippen molar-refractivity contribution in [2.24, 2.45) is 5.73 Å². The van der Waals surface area contributed by atoms with E-state index in [2.05, 4.69) is 5.32 Å². The summed E-state index contributed by atoms with van der Waals surface area (Å²) in [4.78, 5) is 59.2. The number of methoxy groups -OCH3 is 1. The molecule has 2 aromatic carbocycles. The molecule has 12 nitrogen and oxygen atoms in total. The standard InChI is InChI=1S/C20H16N4O8/c1-31-16-9-11(2-7-15(16)32-10-17(21)25)8-14-18(26)22-20(28)23(19(14)27)12-3-5-13(6-4-12)24(29)30/h2-9H,10H2,1H3,(H2,21,25)(H,22,26,28)/b14-8+. The monoisotopic (exact) mass is 440 g/mol. The first-order valence-electron chi connectivity index (χ1n) is 8.96. The number of amides is 5. The third-order valence-corrected chi connectivity index (χ3v) is 4.29. The van der Waals surface area contributed by atoms with Crippen LogP contribution in [0.15, 0.2) is 48.0 Å². The third kappa shape index (κ3) is 4.53. The molecular formula is C20H16N4O8. The number of barbiturate groups is 1. The Morgan fingerprint density at radius 3 is 2.44 bits per heavy atom. The fourth-order valence-electron chi connectivity index (χ4n) is 2.82. The van der Waals surface area contributed by atoms with E-state index in [1.165, 1.54) is 43.5 Å². The highest BCUT2D eigenvalue weighted by molar-refractivity contribution is 6.39. The number of carbonyl (C=O) groups is 4. The molecular weight excluding hydrogens is 424 g/mol. The van der Waals surface area contributed by atoms with Gasteiger partial charge in [-0.1, -0.05) is 6.07 Å². The minimum Gasteiger partial charge on any atom is -0.493 e. The van der Waals surface area contributed by atoms with Gasteiger partial charge < -0.3 is 15.2 Å². The Labute approximate surface area is 180 Å². The number of nitrogens with one attached hydrogen (secondary N) is 1. The van der Waals surface area contributed by atoms with Gasteiger partial charge >= 0.3 is 6.03 Å². The van der Waals surface area contributed by atoms with Gasteiger partial charge in [0, 0.05) is 12.1 Å². The lowest BCUT2D eigenvalue weighted by molar-refractivity contribution is -0.384. The van der Waals surface area contributed by atoms with E-state index in [9.17, 15) is 29.3 Å². The number of urea groups is 1. The zero-order valence-electron chi connectivity index (χ0n) is 16.6. The number of benzene rings is 2. The van der Waals surface area contributed by atoms with E-state index in [1.54, 1.807) is 0 Å². The zero-order chi connectivity index (χ0) is 23.4. The number of rotatable bonds is 7. The lowest BCUT2D eigenvalue weighted by Gasteiger charge is -2.26. The first-order valence-corrected chi connectivity index (χ1v) is 8.96. The minimum absolute atomic E-state index is 0.0456. The van der Waals surface area contributed by atoms with Crippen molar-refractivity contribution < 1.29 is 33.6 Å². The lowest BCUT2D eigenvalue weighted by Crippen LogP contribution is -2.54. The second-order valence-corrected chi connectivity index (χ2v) is 6.40. The number of hydrogen-bond donors (Lipinski definition) is 2. The van der Waals surface area contributed by atoms with Gasteiger partial charge in [0.05, 0.1) is 17.7 Å². The molecule has 0 bridgehead atoms. The van der Waals surface area contributed by atoms with Crippen LogP contribution >= 0.6 is 0 Å². The Balaban J connectivity index is 1.93. The molecule has 5 amide bonds. The van der Waals surface area contributed by atoms with Crippen molar-refractivity contribution in [2.45, 2.75) is 0 Å². The minimum atomic E-state index is -0.987. The van der Waals surface area contributed by atoms with Crippen LogP contribution in [0, 0.1) is 10.1 Å². The predicted octanol–water partition coefficient (Wildman–Crippen LogP) is 1.13. The highest BCUT2D eigenvalue weighted by atomic mass is 16.6. The number of carbonyl (C=O) groups excluding carboxylic acids is 4. The number of primary amides is 1. The average molecular weight is 440 g/mol. The first kappa shape index (κ1) is 22.0. The van der Waals surface area contributed by atoms with E-state index < -0.39 is 28.7 Å². The highest BCUT2D eigenvalue weighted by Crippen LogP contribution is 2.30. The molecule has 1 aliphatic heterocycles. The quantitative estimate of drug-likeness (QED) is 0.279. The molecule has 12 heteroatoms. The van der Waals surface area contributed by atoms with Gasteiger partial charge in [-0.15, -0.1) is 0 Å². The van der Waals surface area contributed by atoms with E-state index in [1.807, 2.05) is 0 Å². The van der Waals surface area contributed by atoms with Crippen LogP contribution in [-0.4, -0.2) is 42.4 Å². The summed E-state index contributed by atoms with van der Waals surface area (Å²) in [6.07, 6.45) is 1.24. The fourth-order valence-corrected chi connectivity index (χ4v) is 2.82. The summed E-state index contributed by atoms with van der Waals surface area (Å²) >= 11 is 0.